The van der Waals surface area contributed by atoms with Crippen molar-refractivity contribution in [2.24, 2.45) is 0 Å². The van der Waals surface area contributed by atoms with Gasteiger partial charge >= 0.3 is 0 Å². The van der Waals surface area contributed by atoms with E-state index in [9.17, 15) is 14.9 Å². The van der Waals surface area contributed by atoms with E-state index in [1.165, 1.54) is 18.2 Å². The summed E-state index contributed by atoms with van der Waals surface area (Å²) in [5.41, 5.74) is 2.27. The van der Waals surface area contributed by atoms with Gasteiger partial charge in [0.1, 0.15) is 11.5 Å². The summed E-state index contributed by atoms with van der Waals surface area (Å²) < 4.78 is 11.1. The SMILES string of the molecule is O=C(C=Cc1ccc(-c2cccc([N+](=O)[O-])c2)o1)c1ccc(N2CCOCC2)cc1. The zero-order valence-corrected chi connectivity index (χ0v) is 16.2. The molecule has 1 aromatic heterocycles. The predicted molar refractivity (Wildman–Crippen MR) is 114 cm³/mol. The van der Waals surface area contributed by atoms with E-state index >= 15 is 0 Å². The lowest BCUT2D eigenvalue weighted by Gasteiger charge is -2.28. The Morgan fingerprint density at radius 1 is 1.03 bits per heavy atom. The molecule has 3 aromatic rings. The van der Waals surface area contributed by atoms with Crippen LogP contribution in [0.4, 0.5) is 11.4 Å². The van der Waals surface area contributed by atoms with Crippen LogP contribution in [-0.2, 0) is 4.74 Å². The van der Waals surface area contributed by atoms with Crippen LogP contribution in [0.5, 0.6) is 0 Å². The molecule has 1 saturated heterocycles. The minimum absolute atomic E-state index is 0.00306. The zero-order chi connectivity index (χ0) is 20.9. The van der Waals surface area contributed by atoms with Crippen molar-refractivity contribution in [1.82, 2.24) is 0 Å². The minimum atomic E-state index is -0.448. The van der Waals surface area contributed by atoms with Gasteiger partial charge in [-0.1, -0.05) is 12.1 Å². The average molecular weight is 404 g/mol. The van der Waals surface area contributed by atoms with Crippen LogP contribution in [0.25, 0.3) is 17.4 Å². The van der Waals surface area contributed by atoms with Gasteiger partial charge in [-0.25, -0.2) is 0 Å². The third-order valence-electron chi connectivity index (χ3n) is 4.90. The lowest BCUT2D eigenvalue weighted by Crippen LogP contribution is -2.36. The Bertz CT molecular complexity index is 1080. The van der Waals surface area contributed by atoms with Crippen molar-refractivity contribution in [2.75, 3.05) is 31.2 Å². The van der Waals surface area contributed by atoms with E-state index in [1.54, 1.807) is 30.3 Å². The van der Waals surface area contributed by atoms with Crippen LogP contribution in [0.2, 0.25) is 0 Å². The molecule has 0 spiro atoms. The number of rotatable bonds is 6. The highest BCUT2D eigenvalue weighted by Gasteiger charge is 2.12. The number of morpholine rings is 1. The molecular formula is C23H20N2O5. The quantitative estimate of drug-likeness (QED) is 0.259. The van der Waals surface area contributed by atoms with Gasteiger partial charge in [0.05, 0.1) is 18.1 Å². The van der Waals surface area contributed by atoms with Crippen LogP contribution in [0, 0.1) is 10.1 Å². The molecule has 0 amide bonds. The Morgan fingerprint density at radius 3 is 2.53 bits per heavy atom. The summed E-state index contributed by atoms with van der Waals surface area (Å²) in [6.45, 7) is 3.12. The molecule has 152 valence electrons. The fourth-order valence-corrected chi connectivity index (χ4v) is 3.28. The van der Waals surface area contributed by atoms with Gasteiger partial charge < -0.3 is 14.1 Å². The fourth-order valence-electron chi connectivity index (χ4n) is 3.28. The van der Waals surface area contributed by atoms with Gasteiger partial charge in [-0.2, -0.15) is 0 Å². The molecule has 1 fully saturated rings. The first-order chi connectivity index (χ1) is 14.6. The number of ether oxygens (including phenoxy) is 1. The van der Waals surface area contributed by atoms with Gasteiger partial charge in [0, 0.05) is 42.0 Å². The smallest absolute Gasteiger partial charge is 0.270 e. The molecule has 2 aromatic carbocycles. The van der Waals surface area contributed by atoms with Crippen LogP contribution < -0.4 is 4.90 Å². The Hall–Kier alpha value is -3.71. The number of nitrogens with zero attached hydrogens (tertiary/aromatic N) is 2. The van der Waals surface area contributed by atoms with Crippen molar-refractivity contribution < 1.29 is 18.9 Å². The van der Waals surface area contributed by atoms with Crippen LogP contribution in [0.3, 0.4) is 0 Å². The average Bonchev–Trinajstić information content (AvgIpc) is 3.27. The van der Waals surface area contributed by atoms with E-state index in [4.69, 9.17) is 9.15 Å². The highest BCUT2D eigenvalue weighted by Crippen LogP contribution is 2.26. The van der Waals surface area contributed by atoms with Gasteiger partial charge in [-0.15, -0.1) is 0 Å². The minimum Gasteiger partial charge on any atom is -0.457 e. The third kappa shape index (κ3) is 4.47. The van der Waals surface area contributed by atoms with Crippen molar-refractivity contribution >= 4 is 23.2 Å². The number of benzene rings is 2. The number of hydrogen-bond acceptors (Lipinski definition) is 6. The molecule has 2 heterocycles. The number of hydrogen-bond donors (Lipinski definition) is 0. The number of anilines is 1. The Labute approximate surface area is 173 Å². The second-order valence-electron chi connectivity index (χ2n) is 6.85. The van der Waals surface area contributed by atoms with Gasteiger partial charge in [-0.3, -0.25) is 14.9 Å². The zero-order valence-electron chi connectivity index (χ0n) is 16.2. The van der Waals surface area contributed by atoms with E-state index in [2.05, 4.69) is 4.90 Å². The summed E-state index contributed by atoms with van der Waals surface area (Å²) in [7, 11) is 0. The lowest BCUT2D eigenvalue weighted by atomic mass is 10.1. The molecule has 4 rings (SSSR count). The normalized spacial score (nSPS) is 14.2. The summed E-state index contributed by atoms with van der Waals surface area (Å²) >= 11 is 0. The summed E-state index contributed by atoms with van der Waals surface area (Å²) in [5, 5.41) is 10.9. The first-order valence-corrected chi connectivity index (χ1v) is 9.60. The first kappa shape index (κ1) is 19.6. The van der Waals surface area contributed by atoms with Crippen molar-refractivity contribution in [3.05, 3.63) is 88.2 Å². The molecular weight excluding hydrogens is 384 g/mol. The van der Waals surface area contributed by atoms with Gasteiger partial charge in [-0.05, 0) is 48.6 Å². The van der Waals surface area contributed by atoms with Gasteiger partial charge in [0.25, 0.3) is 5.69 Å². The summed E-state index contributed by atoms with van der Waals surface area (Å²) in [5.74, 6) is 0.868. The van der Waals surface area contributed by atoms with Crippen LogP contribution >= 0.6 is 0 Å². The molecule has 0 unspecified atom stereocenters. The second-order valence-corrected chi connectivity index (χ2v) is 6.85. The Kier molecular flexibility index (Phi) is 5.72. The predicted octanol–water partition coefficient (Wildman–Crippen LogP) is 4.59. The number of non-ortho nitro benzene ring substituents is 1. The number of allylic oxidation sites excluding steroid dienone is 1. The molecule has 0 atom stereocenters. The van der Waals surface area contributed by atoms with E-state index in [1.807, 2.05) is 24.3 Å². The maximum Gasteiger partial charge on any atom is 0.270 e. The molecule has 1 aliphatic heterocycles. The molecule has 7 nitrogen and oxygen atoms in total. The number of carbonyl (C=O) groups is 1. The van der Waals surface area contributed by atoms with Gasteiger partial charge in [0.15, 0.2) is 5.78 Å². The van der Waals surface area contributed by atoms with Crippen LogP contribution in [-0.4, -0.2) is 37.0 Å². The number of carbonyl (C=O) groups excluding carboxylic acids is 1. The van der Waals surface area contributed by atoms with Crippen molar-refractivity contribution in [1.29, 1.82) is 0 Å². The van der Waals surface area contributed by atoms with Crippen LogP contribution in [0.1, 0.15) is 16.1 Å². The van der Waals surface area contributed by atoms with Crippen molar-refractivity contribution in [3.8, 4) is 11.3 Å². The third-order valence-corrected chi connectivity index (χ3v) is 4.90. The molecule has 0 saturated carbocycles. The first-order valence-electron chi connectivity index (χ1n) is 9.60. The second kappa shape index (κ2) is 8.75. The molecule has 30 heavy (non-hydrogen) atoms. The maximum absolute atomic E-state index is 12.5. The lowest BCUT2D eigenvalue weighted by molar-refractivity contribution is -0.384. The molecule has 0 N–H and O–H groups in total. The molecule has 0 bridgehead atoms. The summed E-state index contributed by atoms with van der Waals surface area (Å²) in [6, 6.07) is 17.2. The molecule has 7 heteroatoms. The number of ketones is 1. The monoisotopic (exact) mass is 404 g/mol. The standard InChI is InChI=1S/C23H20N2O5/c26-22(17-4-6-19(7-5-17)24-12-14-29-15-13-24)10-8-21-9-11-23(30-21)18-2-1-3-20(16-18)25(27)28/h1-11,16H,12-15H2. The Balaban J connectivity index is 1.43. The summed E-state index contributed by atoms with van der Waals surface area (Å²) in [6.07, 6.45) is 3.05. The number of furan rings is 1. The van der Waals surface area contributed by atoms with Crippen molar-refractivity contribution in [3.63, 3.8) is 0 Å². The van der Waals surface area contributed by atoms with E-state index < -0.39 is 4.92 Å². The van der Waals surface area contributed by atoms with Crippen LogP contribution in [0.15, 0.2) is 71.2 Å². The highest BCUT2D eigenvalue weighted by molar-refractivity contribution is 6.06. The van der Waals surface area contributed by atoms with E-state index in [0.717, 1.165) is 18.8 Å². The Morgan fingerprint density at radius 2 is 1.80 bits per heavy atom. The fraction of sp³-hybridized carbons (Fsp3) is 0.174. The van der Waals surface area contributed by atoms with E-state index in [0.29, 0.717) is 35.9 Å². The largest absolute Gasteiger partial charge is 0.457 e. The number of nitro benzene ring substituents is 1. The number of nitro groups is 1. The molecule has 0 radical (unpaired) electrons. The van der Waals surface area contributed by atoms with E-state index in [-0.39, 0.29) is 11.5 Å². The topological polar surface area (TPSA) is 85.8 Å². The van der Waals surface area contributed by atoms with Gasteiger partial charge in [0.2, 0.25) is 0 Å². The molecule has 0 aliphatic carbocycles. The highest BCUT2D eigenvalue weighted by atomic mass is 16.6. The molecule has 1 aliphatic rings. The summed E-state index contributed by atoms with van der Waals surface area (Å²) in [4.78, 5) is 25.2. The van der Waals surface area contributed by atoms with Crippen molar-refractivity contribution in [2.45, 2.75) is 0 Å². The maximum atomic E-state index is 12.5.